The third-order valence-corrected chi connectivity index (χ3v) is 3.55. The molecule has 0 spiro atoms. The Morgan fingerprint density at radius 1 is 1.28 bits per heavy atom. The zero-order chi connectivity index (χ0) is 18.1. The van der Waals surface area contributed by atoms with Gasteiger partial charge in [0.15, 0.2) is 0 Å². The maximum absolute atomic E-state index is 12.4. The highest BCUT2D eigenvalue weighted by Gasteiger charge is 2.12. The van der Waals surface area contributed by atoms with Gasteiger partial charge in [-0.3, -0.25) is 9.59 Å². The van der Waals surface area contributed by atoms with Crippen LogP contribution in [0.25, 0.3) is 6.08 Å². The Bertz CT molecular complexity index is 771. The molecular weight excluding hydrogens is 318 g/mol. The molecule has 0 aliphatic rings. The summed E-state index contributed by atoms with van der Waals surface area (Å²) >= 11 is 0. The number of hydrogen-bond acceptors (Lipinski definition) is 4. The highest BCUT2D eigenvalue weighted by Crippen LogP contribution is 2.10. The fraction of sp³-hybridized carbons (Fsp3) is 0.211. The maximum atomic E-state index is 12.4. The summed E-state index contributed by atoms with van der Waals surface area (Å²) in [7, 11) is 1.57. The average Bonchev–Trinajstić information content (AvgIpc) is 3.16. The number of carbonyl (C=O) groups excluding carboxylic acids is 2. The molecule has 0 saturated heterocycles. The molecule has 0 bridgehead atoms. The van der Waals surface area contributed by atoms with Crippen molar-refractivity contribution < 1.29 is 14.0 Å². The second kappa shape index (κ2) is 9.08. The van der Waals surface area contributed by atoms with E-state index in [-0.39, 0.29) is 18.2 Å². The van der Waals surface area contributed by atoms with Gasteiger partial charge in [0.1, 0.15) is 5.76 Å². The van der Waals surface area contributed by atoms with E-state index >= 15 is 0 Å². The molecule has 6 nitrogen and oxygen atoms in total. The van der Waals surface area contributed by atoms with Crippen LogP contribution in [0.5, 0.6) is 0 Å². The summed E-state index contributed by atoms with van der Waals surface area (Å²) in [6.07, 6.45) is 4.93. The van der Waals surface area contributed by atoms with Crippen LogP contribution in [0.4, 0.5) is 0 Å². The van der Waals surface area contributed by atoms with Gasteiger partial charge in [0.05, 0.1) is 25.3 Å². The Labute approximate surface area is 146 Å². The lowest BCUT2D eigenvalue weighted by Gasteiger charge is -2.18. The van der Waals surface area contributed by atoms with Crippen molar-refractivity contribution in [3.8, 4) is 6.07 Å². The lowest BCUT2D eigenvalue weighted by molar-refractivity contribution is -0.126. The second-order valence-corrected chi connectivity index (χ2v) is 5.28. The predicted octanol–water partition coefficient (Wildman–Crippen LogP) is 2.59. The van der Waals surface area contributed by atoms with Gasteiger partial charge in [0.2, 0.25) is 5.91 Å². The first kappa shape index (κ1) is 18.0. The predicted molar refractivity (Wildman–Crippen MR) is 93.2 cm³/mol. The van der Waals surface area contributed by atoms with Gasteiger partial charge in [-0.25, -0.2) is 0 Å². The summed E-state index contributed by atoms with van der Waals surface area (Å²) in [5.74, 6) is 0.296. The summed E-state index contributed by atoms with van der Waals surface area (Å²) in [6, 6.07) is 12.5. The highest BCUT2D eigenvalue weighted by atomic mass is 16.3. The Kier molecular flexibility index (Phi) is 6.55. The monoisotopic (exact) mass is 337 g/mol. The number of nitriles is 1. The van der Waals surface area contributed by atoms with Gasteiger partial charge < -0.3 is 14.6 Å². The number of benzene rings is 1. The molecule has 2 aromatic rings. The molecule has 6 heteroatoms. The van der Waals surface area contributed by atoms with E-state index in [2.05, 4.69) is 5.32 Å². The van der Waals surface area contributed by atoms with E-state index in [0.29, 0.717) is 24.4 Å². The number of hydrogen-bond donors (Lipinski definition) is 1. The molecule has 25 heavy (non-hydrogen) atoms. The normalized spacial score (nSPS) is 10.4. The van der Waals surface area contributed by atoms with Crippen LogP contribution in [0, 0.1) is 11.3 Å². The van der Waals surface area contributed by atoms with Crippen molar-refractivity contribution in [1.29, 1.82) is 5.26 Å². The van der Waals surface area contributed by atoms with Crippen LogP contribution in [0.1, 0.15) is 28.1 Å². The number of furan rings is 1. The number of nitrogens with zero attached hydrogens (tertiary/aromatic N) is 2. The quantitative estimate of drug-likeness (QED) is 0.787. The molecule has 0 saturated carbocycles. The van der Waals surface area contributed by atoms with Crippen molar-refractivity contribution in [3.05, 3.63) is 65.6 Å². The maximum Gasteiger partial charge on any atom is 0.251 e. The molecular formula is C19H19N3O3. The number of amides is 2. The number of nitrogens with one attached hydrogen (secondary N) is 1. The van der Waals surface area contributed by atoms with Crippen molar-refractivity contribution in [2.24, 2.45) is 0 Å². The van der Waals surface area contributed by atoms with E-state index in [0.717, 1.165) is 5.56 Å². The summed E-state index contributed by atoms with van der Waals surface area (Å²) in [4.78, 5) is 25.5. The van der Waals surface area contributed by atoms with Crippen molar-refractivity contribution in [3.63, 3.8) is 0 Å². The minimum absolute atomic E-state index is 0.160. The van der Waals surface area contributed by atoms with Crippen LogP contribution in [0.15, 0.2) is 53.2 Å². The molecule has 0 aliphatic carbocycles. The third kappa shape index (κ3) is 5.36. The molecule has 2 rings (SSSR count). The topological polar surface area (TPSA) is 86.3 Å². The van der Waals surface area contributed by atoms with Gasteiger partial charge in [-0.1, -0.05) is 12.1 Å². The Morgan fingerprint density at radius 3 is 2.64 bits per heavy atom. The van der Waals surface area contributed by atoms with Crippen LogP contribution in [0.2, 0.25) is 0 Å². The molecule has 1 heterocycles. The molecule has 0 unspecified atom stereocenters. The van der Waals surface area contributed by atoms with Gasteiger partial charge >= 0.3 is 0 Å². The highest BCUT2D eigenvalue weighted by molar-refractivity contribution is 5.94. The summed E-state index contributed by atoms with van der Waals surface area (Å²) in [5, 5.41) is 11.3. The molecule has 128 valence electrons. The summed E-state index contributed by atoms with van der Waals surface area (Å²) < 4.78 is 5.26. The van der Waals surface area contributed by atoms with E-state index in [4.69, 9.17) is 9.68 Å². The minimum atomic E-state index is -0.206. The van der Waals surface area contributed by atoms with Crippen molar-refractivity contribution in [2.45, 2.75) is 13.0 Å². The third-order valence-electron chi connectivity index (χ3n) is 3.55. The lowest BCUT2D eigenvalue weighted by Crippen LogP contribution is -2.29. The van der Waals surface area contributed by atoms with Crippen molar-refractivity contribution in [1.82, 2.24) is 10.2 Å². The van der Waals surface area contributed by atoms with Crippen LogP contribution in [-0.4, -0.2) is 30.3 Å². The van der Waals surface area contributed by atoms with E-state index in [1.54, 1.807) is 60.7 Å². The number of carbonyl (C=O) groups is 2. The van der Waals surface area contributed by atoms with Crippen molar-refractivity contribution in [2.75, 3.05) is 13.6 Å². The SMILES string of the molecule is CNC(=O)c1ccc(/C=C\C(=O)N(CCC#N)Cc2ccco2)cc1. The summed E-state index contributed by atoms with van der Waals surface area (Å²) in [6.45, 7) is 0.642. The van der Waals surface area contributed by atoms with Gasteiger partial charge in [-0.05, 0) is 35.9 Å². The van der Waals surface area contributed by atoms with E-state index in [1.807, 2.05) is 6.07 Å². The molecule has 2 amide bonds. The van der Waals surface area contributed by atoms with Gasteiger partial charge in [0.25, 0.3) is 5.91 Å². The van der Waals surface area contributed by atoms with Crippen LogP contribution < -0.4 is 5.32 Å². The Balaban J connectivity index is 2.04. The fourth-order valence-corrected chi connectivity index (χ4v) is 2.21. The standard InChI is InChI=1S/C19H19N3O3/c1-21-19(24)16-8-5-15(6-9-16)7-10-18(23)22(12-3-11-20)14-17-4-2-13-25-17/h2,4-10,13H,3,12,14H2,1H3,(H,21,24)/b10-7-. The first-order valence-electron chi connectivity index (χ1n) is 7.82. The molecule has 1 N–H and O–H groups in total. The first-order chi connectivity index (χ1) is 12.1. The zero-order valence-electron chi connectivity index (χ0n) is 13.9. The number of rotatable bonds is 7. The second-order valence-electron chi connectivity index (χ2n) is 5.28. The Morgan fingerprint density at radius 2 is 2.04 bits per heavy atom. The van der Waals surface area contributed by atoms with Crippen LogP contribution in [-0.2, 0) is 11.3 Å². The Hall–Kier alpha value is -3.33. The molecule has 0 fully saturated rings. The fourth-order valence-electron chi connectivity index (χ4n) is 2.21. The average molecular weight is 337 g/mol. The van der Waals surface area contributed by atoms with E-state index < -0.39 is 0 Å². The molecule has 0 atom stereocenters. The van der Waals surface area contributed by atoms with Crippen molar-refractivity contribution >= 4 is 17.9 Å². The smallest absolute Gasteiger partial charge is 0.251 e. The molecule has 0 radical (unpaired) electrons. The zero-order valence-corrected chi connectivity index (χ0v) is 13.9. The lowest BCUT2D eigenvalue weighted by atomic mass is 10.1. The van der Waals surface area contributed by atoms with Crippen LogP contribution in [0.3, 0.4) is 0 Å². The van der Waals surface area contributed by atoms with E-state index in [9.17, 15) is 9.59 Å². The summed E-state index contributed by atoms with van der Waals surface area (Å²) in [5.41, 5.74) is 1.36. The van der Waals surface area contributed by atoms with Gasteiger partial charge in [0, 0.05) is 25.2 Å². The first-order valence-corrected chi connectivity index (χ1v) is 7.82. The van der Waals surface area contributed by atoms with Gasteiger partial charge in [-0.15, -0.1) is 0 Å². The van der Waals surface area contributed by atoms with E-state index in [1.165, 1.54) is 6.08 Å². The molecule has 1 aromatic carbocycles. The molecule has 0 aliphatic heterocycles. The largest absolute Gasteiger partial charge is 0.467 e. The van der Waals surface area contributed by atoms with Gasteiger partial charge in [-0.2, -0.15) is 5.26 Å². The molecule has 1 aromatic heterocycles. The minimum Gasteiger partial charge on any atom is -0.467 e. The van der Waals surface area contributed by atoms with Crippen LogP contribution >= 0.6 is 0 Å².